The van der Waals surface area contributed by atoms with Crippen LogP contribution in [0.1, 0.15) is 34.6 Å². The van der Waals surface area contributed by atoms with E-state index in [1.807, 2.05) is 44.2 Å². The molecule has 0 saturated carbocycles. The molecule has 0 fully saturated rings. The lowest BCUT2D eigenvalue weighted by molar-refractivity contribution is 0.0935. The van der Waals surface area contributed by atoms with E-state index in [4.69, 9.17) is 0 Å². The van der Waals surface area contributed by atoms with E-state index in [9.17, 15) is 13.2 Å². The van der Waals surface area contributed by atoms with Crippen LogP contribution in [-0.4, -0.2) is 25.6 Å². The normalized spacial score (nSPS) is 12.6. The molecular weight excluding hydrogens is 442 g/mol. The average Bonchev–Trinajstić information content (AvgIpc) is 2.61. The number of carbonyl (C=O) groups excluding carboxylic acids is 1. The maximum Gasteiger partial charge on any atom is 0.270 e. The topological polar surface area (TPSA) is 88.2 Å². The van der Waals surface area contributed by atoms with E-state index in [2.05, 4.69) is 31.0 Å². The lowest BCUT2D eigenvalue weighted by atomic mass is 10.0. The number of halogens is 1. The molecule has 2 aromatic carbocycles. The highest BCUT2D eigenvalue weighted by atomic mass is 79.9. The third kappa shape index (κ3) is 4.88. The van der Waals surface area contributed by atoms with E-state index >= 15 is 0 Å². The lowest BCUT2D eigenvalue weighted by Crippen LogP contribution is -2.27. The molecule has 1 aromatic heterocycles. The highest BCUT2D eigenvalue weighted by Crippen LogP contribution is 2.22. The average molecular weight is 462 g/mol. The first-order valence-corrected chi connectivity index (χ1v) is 11.3. The number of rotatable bonds is 5. The van der Waals surface area contributed by atoms with Gasteiger partial charge in [-0.25, -0.2) is 13.4 Å². The van der Waals surface area contributed by atoms with Gasteiger partial charge < -0.3 is 5.32 Å². The first kappa shape index (κ1) is 20.3. The molecule has 1 heterocycles. The summed E-state index contributed by atoms with van der Waals surface area (Å²) in [6.45, 7) is 3.68. The van der Waals surface area contributed by atoms with Gasteiger partial charge in [-0.2, -0.15) is 0 Å². The number of aromatic nitrogens is 1. The van der Waals surface area contributed by atoms with Crippen LogP contribution in [0.2, 0.25) is 0 Å². The predicted octanol–water partition coefficient (Wildman–Crippen LogP) is 4.17. The first-order chi connectivity index (χ1) is 13.1. The minimum atomic E-state index is -3.34. The van der Waals surface area contributed by atoms with Crippen molar-refractivity contribution >= 4 is 48.5 Å². The number of anilines is 1. The molecule has 0 spiro atoms. The van der Waals surface area contributed by atoms with E-state index in [0.717, 1.165) is 32.8 Å². The van der Waals surface area contributed by atoms with Gasteiger partial charge in [0.1, 0.15) is 5.69 Å². The van der Waals surface area contributed by atoms with Crippen LogP contribution in [-0.2, 0) is 10.0 Å². The smallest absolute Gasteiger partial charge is 0.270 e. The third-order valence-electron chi connectivity index (χ3n) is 4.28. The van der Waals surface area contributed by atoms with Gasteiger partial charge in [0, 0.05) is 9.86 Å². The standard InChI is InChI=1S/C20H20BrN3O3S/c1-12-10-14(4-7-17(12)24-28(3,26)27)13(2)22-20(25)19-8-5-15-11-16(21)6-9-18(15)23-19/h4-11,13,24H,1-3H3,(H,22,25)/t13-/m0/s1. The summed E-state index contributed by atoms with van der Waals surface area (Å²) in [7, 11) is -3.34. The Morgan fingerprint density at radius 3 is 2.54 bits per heavy atom. The Morgan fingerprint density at radius 1 is 1.11 bits per heavy atom. The van der Waals surface area contributed by atoms with Gasteiger partial charge in [0.05, 0.1) is 23.5 Å². The Kier molecular flexibility index (Phi) is 5.71. The van der Waals surface area contributed by atoms with Crippen molar-refractivity contribution < 1.29 is 13.2 Å². The van der Waals surface area contributed by atoms with Crippen molar-refractivity contribution in [2.45, 2.75) is 19.9 Å². The number of benzene rings is 2. The summed E-state index contributed by atoms with van der Waals surface area (Å²) in [4.78, 5) is 17.0. The summed E-state index contributed by atoms with van der Waals surface area (Å²) in [5, 5.41) is 3.88. The molecule has 0 aliphatic rings. The summed E-state index contributed by atoms with van der Waals surface area (Å²) in [5.41, 5.74) is 3.25. The molecule has 0 unspecified atom stereocenters. The largest absolute Gasteiger partial charge is 0.344 e. The minimum absolute atomic E-state index is 0.263. The second-order valence-electron chi connectivity index (χ2n) is 6.68. The molecular formula is C20H20BrN3O3S. The van der Waals surface area contributed by atoms with Crippen molar-refractivity contribution in [2.75, 3.05) is 11.0 Å². The molecule has 3 aromatic rings. The van der Waals surface area contributed by atoms with Gasteiger partial charge in [-0.3, -0.25) is 9.52 Å². The van der Waals surface area contributed by atoms with Crippen molar-refractivity contribution in [1.82, 2.24) is 10.3 Å². The summed E-state index contributed by atoms with van der Waals surface area (Å²) < 4.78 is 26.2. The van der Waals surface area contributed by atoms with Crippen LogP contribution in [0, 0.1) is 6.92 Å². The predicted molar refractivity (Wildman–Crippen MR) is 115 cm³/mol. The van der Waals surface area contributed by atoms with Crippen molar-refractivity contribution in [1.29, 1.82) is 0 Å². The zero-order valence-corrected chi connectivity index (χ0v) is 18.1. The van der Waals surface area contributed by atoms with Crippen LogP contribution in [0.4, 0.5) is 5.69 Å². The summed E-state index contributed by atoms with van der Waals surface area (Å²) in [6, 6.07) is 14.3. The highest BCUT2D eigenvalue weighted by molar-refractivity contribution is 9.10. The first-order valence-electron chi connectivity index (χ1n) is 8.58. The number of pyridine rings is 1. The van der Waals surface area contributed by atoms with Crippen LogP contribution >= 0.6 is 15.9 Å². The minimum Gasteiger partial charge on any atom is -0.344 e. The van der Waals surface area contributed by atoms with Gasteiger partial charge in [0.2, 0.25) is 10.0 Å². The molecule has 0 saturated heterocycles. The number of aryl methyl sites for hydroxylation is 1. The van der Waals surface area contributed by atoms with Crippen LogP contribution in [0.25, 0.3) is 10.9 Å². The Bertz CT molecular complexity index is 1160. The Morgan fingerprint density at radius 2 is 1.86 bits per heavy atom. The number of hydrogen-bond acceptors (Lipinski definition) is 4. The Labute approximate surface area is 172 Å². The number of amides is 1. The highest BCUT2D eigenvalue weighted by Gasteiger charge is 2.15. The zero-order chi connectivity index (χ0) is 20.5. The van der Waals surface area contributed by atoms with Crippen LogP contribution in [0.3, 0.4) is 0 Å². The third-order valence-corrected chi connectivity index (χ3v) is 5.36. The second-order valence-corrected chi connectivity index (χ2v) is 9.34. The van der Waals surface area contributed by atoms with Crippen LogP contribution in [0.5, 0.6) is 0 Å². The molecule has 0 aliphatic heterocycles. The van der Waals surface area contributed by atoms with E-state index in [1.165, 1.54) is 0 Å². The van der Waals surface area contributed by atoms with E-state index < -0.39 is 10.0 Å². The van der Waals surface area contributed by atoms with E-state index in [0.29, 0.717) is 11.4 Å². The molecule has 3 rings (SSSR count). The number of carbonyl (C=O) groups is 1. The van der Waals surface area contributed by atoms with Gasteiger partial charge in [0.15, 0.2) is 0 Å². The van der Waals surface area contributed by atoms with Crippen LogP contribution < -0.4 is 10.0 Å². The fraction of sp³-hybridized carbons (Fsp3) is 0.200. The lowest BCUT2D eigenvalue weighted by Gasteiger charge is -2.16. The van der Waals surface area contributed by atoms with Crippen LogP contribution in [0.15, 0.2) is 53.0 Å². The van der Waals surface area contributed by atoms with Crippen molar-refractivity contribution in [3.05, 3.63) is 69.8 Å². The van der Waals surface area contributed by atoms with Gasteiger partial charge >= 0.3 is 0 Å². The monoisotopic (exact) mass is 461 g/mol. The summed E-state index contributed by atoms with van der Waals surface area (Å²) in [5.74, 6) is -0.270. The molecule has 6 nitrogen and oxygen atoms in total. The van der Waals surface area contributed by atoms with Gasteiger partial charge in [0.25, 0.3) is 5.91 Å². The Hall–Kier alpha value is -2.45. The number of hydrogen-bond donors (Lipinski definition) is 2. The van der Waals surface area contributed by atoms with Gasteiger partial charge in [-0.15, -0.1) is 0 Å². The van der Waals surface area contributed by atoms with Gasteiger partial charge in [-0.05, 0) is 55.3 Å². The zero-order valence-electron chi connectivity index (χ0n) is 15.7. The second kappa shape index (κ2) is 7.89. The summed E-state index contributed by atoms with van der Waals surface area (Å²) in [6.07, 6.45) is 1.11. The number of sulfonamides is 1. The van der Waals surface area contributed by atoms with E-state index in [-0.39, 0.29) is 11.9 Å². The fourth-order valence-electron chi connectivity index (χ4n) is 2.85. The number of nitrogens with one attached hydrogen (secondary N) is 2. The maximum atomic E-state index is 12.6. The fourth-order valence-corrected chi connectivity index (χ4v) is 3.85. The molecule has 28 heavy (non-hydrogen) atoms. The molecule has 2 N–H and O–H groups in total. The summed E-state index contributed by atoms with van der Waals surface area (Å²) >= 11 is 3.42. The number of fused-ring (bicyclic) bond motifs is 1. The number of nitrogens with zero attached hydrogens (tertiary/aromatic N) is 1. The molecule has 1 atom stereocenters. The molecule has 0 aliphatic carbocycles. The molecule has 0 radical (unpaired) electrons. The van der Waals surface area contributed by atoms with E-state index in [1.54, 1.807) is 18.2 Å². The van der Waals surface area contributed by atoms with Crippen molar-refractivity contribution in [2.24, 2.45) is 0 Å². The molecule has 146 valence electrons. The maximum absolute atomic E-state index is 12.6. The van der Waals surface area contributed by atoms with Crippen molar-refractivity contribution in [3.8, 4) is 0 Å². The van der Waals surface area contributed by atoms with Gasteiger partial charge in [-0.1, -0.05) is 34.1 Å². The Balaban J connectivity index is 1.77. The molecule has 1 amide bonds. The SMILES string of the molecule is Cc1cc([C@H](C)NC(=O)c2ccc3cc(Br)ccc3n2)ccc1NS(C)(=O)=O. The molecule has 0 bridgehead atoms. The molecule has 8 heteroatoms. The quantitative estimate of drug-likeness (QED) is 0.596. The van der Waals surface area contributed by atoms with Crippen molar-refractivity contribution in [3.63, 3.8) is 0 Å².